The number of amides is 1. The minimum absolute atomic E-state index is 0. The molecule has 0 unspecified atom stereocenters. The SMILES string of the molecule is CCCCCCCC/C=C\CCCCCCCC(=O)N(C)CC(=O)O.[NaH]. The molecule has 1 amide bonds. The molecule has 0 saturated heterocycles. The summed E-state index contributed by atoms with van der Waals surface area (Å²) in [6.45, 7) is 2.05. The van der Waals surface area contributed by atoms with Gasteiger partial charge in [-0.1, -0.05) is 70.4 Å². The Hall–Kier alpha value is -0.320. The summed E-state index contributed by atoms with van der Waals surface area (Å²) in [6, 6.07) is 0. The van der Waals surface area contributed by atoms with E-state index in [1.54, 1.807) is 7.05 Å². The zero-order chi connectivity index (χ0) is 18.8. The van der Waals surface area contributed by atoms with Crippen molar-refractivity contribution < 1.29 is 14.7 Å². The summed E-state index contributed by atoms with van der Waals surface area (Å²) < 4.78 is 0. The first-order chi connectivity index (χ1) is 12.1. The summed E-state index contributed by atoms with van der Waals surface area (Å²) in [6.07, 6.45) is 21.1. The van der Waals surface area contributed by atoms with Gasteiger partial charge in [0.2, 0.25) is 5.91 Å². The van der Waals surface area contributed by atoms with Gasteiger partial charge in [0.25, 0.3) is 0 Å². The maximum absolute atomic E-state index is 11.7. The van der Waals surface area contributed by atoms with Gasteiger partial charge in [0.15, 0.2) is 0 Å². The average Bonchev–Trinajstić information content (AvgIpc) is 2.57. The Bertz CT molecular complexity index is 372. The maximum atomic E-state index is 11.7. The number of hydrogen-bond donors (Lipinski definition) is 1. The number of hydrogen-bond acceptors (Lipinski definition) is 2. The van der Waals surface area contributed by atoms with Crippen molar-refractivity contribution in [1.82, 2.24) is 4.90 Å². The molecule has 0 rings (SSSR count). The zero-order valence-electron chi connectivity index (χ0n) is 16.5. The van der Waals surface area contributed by atoms with Crippen molar-refractivity contribution in [3.8, 4) is 0 Å². The predicted octanol–water partition coefficient (Wildman–Crippen LogP) is 4.92. The van der Waals surface area contributed by atoms with Crippen LogP contribution in [-0.2, 0) is 9.59 Å². The molecule has 0 aromatic rings. The molecule has 0 aromatic carbocycles. The molecule has 0 saturated carbocycles. The van der Waals surface area contributed by atoms with Crippen LogP contribution in [0.25, 0.3) is 0 Å². The van der Waals surface area contributed by atoms with E-state index in [0.717, 1.165) is 25.7 Å². The van der Waals surface area contributed by atoms with Crippen LogP contribution in [0, 0.1) is 0 Å². The fourth-order valence-electron chi connectivity index (χ4n) is 2.83. The first kappa shape index (κ1) is 27.9. The Labute approximate surface area is 183 Å². The molecule has 0 bridgehead atoms. The molecular weight excluding hydrogens is 337 g/mol. The van der Waals surface area contributed by atoms with Crippen molar-refractivity contribution in [2.45, 2.75) is 96.8 Å². The van der Waals surface area contributed by atoms with Crippen molar-refractivity contribution >= 4 is 41.4 Å². The van der Waals surface area contributed by atoms with Gasteiger partial charge >= 0.3 is 35.5 Å². The summed E-state index contributed by atoms with van der Waals surface area (Å²) in [5.74, 6) is -1.03. The molecule has 0 aliphatic heterocycles. The van der Waals surface area contributed by atoms with E-state index in [0.29, 0.717) is 6.42 Å². The van der Waals surface area contributed by atoms with Crippen LogP contribution in [0.15, 0.2) is 12.2 Å². The van der Waals surface area contributed by atoms with E-state index in [4.69, 9.17) is 5.11 Å². The molecule has 0 aromatic heterocycles. The van der Waals surface area contributed by atoms with Crippen LogP contribution >= 0.6 is 0 Å². The molecular formula is C21H40NNaO3. The van der Waals surface area contributed by atoms with E-state index >= 15 is 0 Å². The Balaban J connectivity index is 0. The van der Waals surface area contributed by atoms with E-state index in [2.05, 4.69) is 19.1 Å². The van der Waals surface area contributed by atoms with Gasteiger partial charge < -0.3 is 10.0 Å². The van der Waals surface area contributed by atoms with Crippen LogP contribution in [0.2, 0.25) is 0 Å². The average molecular weight is 378 g/mol. The fourth-order valence-corrected chi connectivity index (χ4v) is 2.83. The molecule has 0 atom stereocenters. The number of carbonyl (C=O) groups excluding carboxylic acids is 1. The number of aliphatic carboxylic acids is 1. The molecule has 0 aliphatic rings. The second-order valence-corrected chi connectivity index (χ2v) is 6.98. The number of carbonyl (C=O) groups is 2. The van der Waals surface area contributed by atoms with Crippen LogP contribution in [0.1, 0.15) is 96.8 Å². The Morgan fingerprint density at radius 1 is 0.808 bits per heavy atom. The van der Waals surface area contributed by atoms with Crippen LogP contribution < -0.4 is 0 Å². The Morgan fingerprint density at radius 3 is 1.77 bits per heavy atom. The first-order valence-electron chi connectivity index (χ1n) is 10.2. The molecule has 0 radical (unpaired) electrons. The summed E-state index contributed by atoms with van der Waals surface area (Å²) in [4.78, 5) is 23.5. The van der Waals surface area contributed by atoms with Gasteiger partial charge in [-0.25, -0.2) is 0 Å². The normalized spacial score (nSPS) is 10.7. The first-order valence-corrected chi connectivity index (χ1v) is 10.2. The molecule has 26 heavy (non-hydrogen) atoms. The van der Waals surface area contributed by atoms with Gasteiger partial charge in [0.1, 0.15) is 6.54 Å². The minimum atomic E-state index is -0.958. The number of carboxylic acids is 1. The monoisotopic (exact) mass is 377 g/mol. The molecule has 1 N–H and O–H groups in total. The zero-order valence-corrected chi connectivity index (χ0v) is 16.5. The summed E-state index contributed by atoms with van der Waals surface area (Å²) in [5.41, 5.74) is 0. The van der Waals surface area contributed by atoms with Gasteiger partial charge in [-0.05, 0) is 32.1 Å². The third-order valence-electron chi connectivity index (χ3n) is 4.45. The summed E-state index contributed by atoms with van der Waals surface area (Å²) >= 11 is 0. The number of nitrogens with zero attached hydrogens (tertiary/aromatic N) is 1. The molecule has 0 fully saturated rings. The number of carboxylic acid groups (broad SMARTS) is 1. The van der Waals surface area contributed by atoms with Crippen molar-refractivity contribution in [3.63, 3.8) is 0 Å². The van der Waals surface area contributed by atoms with Crippen LogP contribution in [0.5, 0.6) is 0 Å². The second-order valence-electron chi connectivity index (χ2n) is 6.98. The van der Waals surface area contributed by atoms with E-state index in [1.165, 1.54) is 62.7 Å². The third-order valence-corrected chi connectivity index (χ3v) is 4.45. The quantitative estimate of drug-likeness (QED) is 0.222. The Morgan fingerprint density at radius 2 is 1.27 bits per heavy atom. The molecule has 0 heterocycles. The van der Waals surface area contributed by atoms with Gasteiger partial charge in [-0.3, -0.25) is 9.59 Å². The van der Waals surface area contributed by atoms with Gasteiger partial charge in [-0.15, -0.1) is 0 Å². The van der Waals surface area contributed by atoms with Gasteiger partial charge in [0.05, 0.1) is 0 Å². The van der Waals surface area contributed by atoms with E-state index in [-0.39, 0.29) is 42.0 Å². The molecule has 148 valence electrons. The predicted molar refractivity (Wildman–Crippen MR) is 112 cm³/mol. The van der Waals surface area contributed by atoms with Gasteiger partial charge in [-0.2, -0.15) is 0 Å². The summed E-state index contributed by atoms with van der Waals surface area (Å²) in [5, 5.41) is 8.64. The molecule has 4 nitrogen and oxygen atoms in total. The molecule has 0 aliphatic carbocycles. The van der Waals surface area contributed by atoms with Crippen LogP contribution in [0.3, 0.4) is 0 Å². The van der Waals surface area contributed by atoms with E-state index < -0.39 is 5.97 Å². The molecule has 5 heteroatoms. The fraction of sp³-hybridized carbons (Fsp3) is 0.810. The third kappa shape index (κ3) is 20.0. The van der Waals surface area contributed by atoms with Crippen molar-refractivity contribution in [2.24, 2.45) is 0 Å². The van der Waals surface area contributed by atoms with Crippen molar-refractivity contribution in [3.05, 3.63) is 12.2 Å². The molecule has 0 spiro atoms. The van der Waals surface area contributed by atoms with Crippen LogP contribution in [0.4, 0.5) is 0 Å². The van der Waals surface area contributed by atoms with Crippen molar-refractivity contribution in [1.29, 1.82) is 0 Å². The summed E-state index contributed by atoms with van der Waals surface area (Å²) in [7, 11) is 1.55. The topological polar surface area (TPSA) is 57.6 Å². The number of unbranched alkanes of at least 4 members (excludes halogenated alkanes) is 11. The van der Waals surface area contributed by atoms with Crippen molar-refractivity contribution in [2.75, 3.05) is 13.6 Å². The van der Waals surface area contributed by atoms with Crippen LogP contribution in [-0.4, -0.2) is 65.0 Å². The standard InChI is InChI=1S/C21H39NO3.Na.H/c1-3-4-5-6-7-8-9-10-11-12-13-14-15-16-17-18-20(23)22(2)19-21(24)25;;/h10-11H,3-9,12-19H2,1-2H3,(H,24,25);;/b11-10-;;. The van der Waals surface area contributed by atoms with E-state index in [9.17, 15) is 9.59 Å². The Kier molecular flexibility index (Phi) is 22.5. The number of likely N-dealkylation sites (N-methyl/N-ethyl adjacent to an activating group) is 1. The number of allylic oxidation sites excluding steroid dienone is 2. The van der Waals surface area contributed by atoms with E-state index in [1.807, 2.05) is 0 Å². The second kappa shape index (κ2) is 21.0. The number of rotatable bonds is 17. The van der Waals surface area contributed by atoms with Gasteiger partial charge in [0, 0.05) is 13.5 Å².